The molecule has 6 rings (SSSR count). The third-order valence-electron chi connectivity index (χ3n) is 7.49. The number of carbonyl (C=O) groups is 1. The number of hydrogen-bond acceptors (Lipinski definition) is 7. The monoisotopic (exact) mass is 639 g/mol. The lowest BCUT2D eigenvalue weighted by Gasteiger charge is -2.40. The molecule has 13 heteroatoms. The van der Waals surface area contributed by atoms with Gasteiger partial charge in [0, 0.05) is 70.4 Å². The number of H-pyrrole nitrogens is 1. The molecule has 40 heavy (non-hydrogen) atoms. The van der Waals surface area contributed by atoms with E-state index in [2.05, 4.69) is 28.7 Å². The van der Waals surface area contributed by atoms with Gasteiger partial charge in [-0.25, -0.2) is 13.4 Å². The van der Waals surface area contributed by atoms with E-state index in [1.165, 1.54) is 20.5 Å². The van der Waals surface area contributed by atoms with Gasteiger partial charge in [-0.2, -0.15) is 4.31 Å². The third-order valence-corrected chi connectivity index (χ3v) is 11.5. The predicted octanol–water partition coefficient (Wildman–Crippen LogP) is 5.33. The number of nitrogens with one attached hydrogen (secondary N) is 2. The first-order valence-corrected chi connectivity index (χ1v) is 16.6. The van der Waals surface area contributed by atoms with E-state index in [0.29, 0.717) is 29.0 Å². The second kappa shape index (κ2) is 12.1. The zero-order valence-corrected chi connectivity index (χ0v) is 26.0. The topological polar surface area (TPSA) is 98.4 Å². The molecule has 1 saturated heterocycles. The first-order valence-electron chi connectivity index (χ1n) is 13.1. The zero-order chi connectivity index (χ0) is 27.1. The van der Waals surface area contributed by atoms with E-state index in [1.54, 1.807) is 35.6 Å². The molecule has 0 aliphatic carbocycles. The van der Waals surface area contributed by atoms with Crippen molar-refractivity contribution in [1.82, 2.24) is 24.5 Å². The van der Waals surface area contributed by atoms with Crippen molar-refractivity contribution in [3.63, 3.8) is 0 Å². The summed E-state index contributed by atoms with van der Waals surface area (Å²) >= 11 is 9.29. The van der Waals surface area contributed by atoms with Crippen molar-refractivity contribution in [2.45, 2.75) is 56.3 Å². The second-order valence-corrected chi connectivity index (χ2v) is 14.7. The van der Waals surface area contributed by atoms with Crippen LogP contribution in [0.15, 0.2) is 46.8 Å². The fraction of sp³-hybridized carbons (Fsp3) is 0.407. The molecule has 2 aliphatic heterocycles. The number of aromatic amines is 1. The number of hydrogen-bond donors (Lipinski definition) is 2. The number of thiazole rings is 1. The van der Waals surface area contributed by atoms with Gasteiger partial charge in [-0.3, -0.25) is 4.79 Å². The van der Waals surface area contributed by atoms with Crippen LogP contribution in [-0.4, -0.2) is 65.2 Å². The van der Waals surface area contributed by atoms with E-state index in [4.69, 9.17) is 16.6 Å². The van der Waals surface area contributed by atoms with Gasteiger partial charge in [0.25, 0.3) is 15.9 Å². The van der Waals surface area contributed by atoms with Gasteiger partial charge < -0.3 is 15.2 Å². The maximum absolute atomic E-state index is 13.7. The molecule has 2 unspecified atom stereocenters. The quantitative estimate of drug-likeness (QED) is 0.285. The van der Waals surface area contributed by atoms with Gasteiger partial charge in [-0.1, -0.05) is 17.7 Å². The number of carbonyl (C=O) groups excluding carboxylic acids is 1. The number of sulfonamides is 1. The highest BCUT2D eigenvalue weighted by Crippen LogP contribution is 2.29. The molecule has 1 fully saturated rings. The molecule has 0 bridgehead atoms. The summed E-state index contributed by atoms with van der Waals surface area (Å²) in [5.41, 5.74) is 1.72. The van der Waals surface area contributed by atoms with Crippen LogP contribution in [0.4, 0.5) is 0 Å². The summed E-state index contributed by atoms with van der Waals surface area (Å²) in [6.07, 6.45) is 3.29. The highest BCUT2D eigenvalue weighted by atomic mass is 35.5. The first-order chi connectivity index (χ1) is 18.8. The number of thiophene rings is 1. The molecule has 2 N–H and O–H groups in total. The molecular weight excluding hydrogens is 609 g/mol. The van der Waals surface area contributed by atoms with Gasteiger partial charge in [-0.05, 0) is 61.9 Å². The second-order valence-electron chi connectivity index (χ2n) is 10.2. The molecule has 5 heterocycles. The highest BCUT2D eigenvalue weighted by Gasteiger charge is 2.38. The van der Waals surface area contributed by atoms with Gasteiger partial charge in [0.2, 0.25) is 0 Å². The van der Waals surface area contributed by atoms with Gasteiger partial charge in [0.15, 0.2) is 5.01 Å². The standard InChI is InChI=1S/C27H30ClN5O3S3.ClH/c1-17-12-23-24(15-29-17)38-26(31-23)27(34)33-10-9-32(16-20(33)4-2-5-21-6-3-11-37-21)39(35,36)25-14-18-13-19(28)7-8-22(18)30-25;/h3,6-8,11,13-14,17,20,29-30H,2,4-5,9-10,12,15-16H2,1H3;1H. The van der Waals surface area contributed by atoms with Crippen LogP contribution in [0.1, 0.15) is 45.0 Å². The Labute approximate surface area is 253 Å². The van der Waals surface area contributed by atoms with Crippen molar-refractivity contribution in [2.24, 2.45) is 0 Å². The minimum absolute atomic E-state index is 0. The Kier molecular flexibility index (Phi) is 8.91. The van der Waals surface area contributed by atoms with E-state index >= 15 is 0 Å². The fourth-order valence-electron chi connectivity index (χ4n) is 5.41. The van der Waals surface area contributed by atoms with Gasteiger partial charge in [0.1, 0.15) is 5.03 Å². The molecular formula is C27H31Cl2N5O3S3. The van der Waals surface area contributed by atoms with Gasteiger partial charge in [-0.15, -0.1) is 35.1 Å². The Balaban J connectivity index is 0.00000323. The SMILES string of the molecule is CC1Cc2nc(C(=O)N3CCN(S(=O)(=O)c4cc5cc(Cl)ccc5[nH]4)CC3CCCc3cccs3)sc2CN1.Cl. The Morgan fingerprint density at radius 1 is 1.23 bits per heavy atom. The largest absolute Gasteiger partial charge is 0.345 e. The number of fused-ring (bicyclic) bond motifs is 2. The zero-order valence-electron chi connectivity index (χ0n) is 21.9. The average Bonchev–Trinajstić information content (AvgIpc) is 3.67. The number of aromatic nitrogens is 2. The van der Waals surface area contributed by atoms with Gasteiger partial charge >= 0.3 is 0 Å². The molecule has 8 nitrogen and oxygen atoms in total. The van der Waals surface area contributed by atoms with Crippen molar-refractivity contribution in [3.05, 3.63) is 67.3 Å². The number of rotatable bonds is 7. The van der Waals surface area contributed by atoms with Crippen molar-refractivity contribution >= 4 is 73.5 Å². The Hall–Kier alpha value is -1.99. The van der Waals surface area contributed by atoms with Crippen LogP contribution >= 0.6 is 46.7 Å². The smallest absolute Gasteiger partial charge is 0.283 e. The molecule has 1 amide bonds. The minimum atomic E-state index is -3.78. The molecule has 0 spiro atoms. The molecule has 3 aromatic heterocycles. The van der Waals surface area contributed by atoms with Crippen molar-refractivity contribution in [3.8, 4) is 0 Å². The first kappa shape index (κ1) is 29.5. The molecule has 0 saturated carbocycles. The van der Waals surface area contributed by atoms with Crippen LogP contribution in [0.3, 0.4) is 0 Å². The van der Waals surface area contributed by atoms with Gasteiger partial charge in [0.05, 0.1) is 5.69 Å². The molecule has 2 atom stereocenters. The van der Waals surface area contributed by atoms with E-state index in [9.17, 15) is 13.2 Å². The van der Waals surface area contributed by atoms with Crippen molar-refractivity contribution in [2.75, 3.05) is 19.6 Å². The van der Waals surface area contributed by atoms with E-state index < -0.39 is 10.0 Å². The summed E-state index contributed by atoms with van der Waals surface area (Å²) in [6, 6.07) is 11.2. The summed E-state index contributed by atoms with van der Waals surface area (Å²) in [6.45, 7) is 3.66. The summed E-state index contributed by atoms with van der Waals surface area (Å²) in [4.78, 5) is 25.8. The number of halogens is 2. The Bertz CT molecular complexity index is 1600. The maximum atomic E-state index is 13.7. The Morgan fingerprint density at radius 3 is 2.88 bits per heavy atom. The summed E-state index contributed by atoms with van der Waals surface area (Å²) in [5, 5.41) is 7.45. The Morgan fingerprint density at radius 2 is 2.08 bits per heavy atom. The van der Waals surface area contributed by atoms with E-state index in [-0.39, 0.29) is 42.5 Å². The number of nitrogens with zero attached hydrogens (tertiary/aromatic N) is 3. The van der Waals surface area contributed by atoms with Crippen LogP contribution in [0.25, 0.3) is 10.9 Å². The molecule has 214 valence electrons. The van der Waals surface area contributed by atoms with E-state index in [0.717, 1.165) is 47.3 Å². The lowest BCUT2D eigenvalue weighted by molar-refractivity contribution is 0.0547. The lowest BCUT2D eigenvalue weighted by atomic mass is 10.1. The van der Waals surface area contributed by atoms with Crippen LogP contribution in [0.2, 0.25) is 5.02 Å². The van der Waals surface area contributed by atoms with Crippen molar-refractivity contribution < 1.29 is 13.2 Å². The molecule has 1 aromatic carbocycles. The molecule has 0 radical (unpaired) electrons. The fourth-order valence-corrected chi connectivity index (χ4v) is 8.82. The lowest BCUT2D eigenvalue weighted by Crippen LogP contribution is -2.56. The number of aryl methyl sites for hydroxylation is 1. The van der Waals surface area contributed by atoms with Crippen molar-refractivity contribution in [1.29, 1.82) is 0 Å². The highest BCUT2D eigenvalue weighted by molar-refractivity contribution is 7.89. The molecule has 2 aliphatic rings. The van der Waals surface area contributed by atoms with Crippen LogP contribution in [0, 0.1) is 0 Å². The molecule has 4 aromatic rings. The maximum Gasteiger partial charge on any atom is 0.283 e. The number of benzene rings is 1. The summed E-state index contributed by atoms with van der Waals surface area (Å²) in [7, 11) is -3.78. The predicted molar refractivity (Wildman–Crippen MR) is 164 cm³/mol. The third kappa shape index (κ3) is 5.97. The summed E-state index contributed by atoms with van der Waals surface area (Å²) < 4.78 is 28.9. The number of piperazine rings is 1. The van der Waals surface area contributed by atoms with Crippen LogP contribution in [-0.2, 0) is 29.4 Å². The van der Waals surface area contributed by atoms with Crippen LogP contribution < -0.4 is 5.32 Å². The average molecular weight is 641 g/mol. The number of amides is 1. The van der Waals surface area contributed by atoms with E-state index in [1.807, 2.05) is 11.0 Å². The minimum Gasteiger partial charge on any atom is -0.345 e. The summed E-state index contributed by atoms with van der Waals surface area (Å²) in [5.74, 6) is -0.0968. The van der Waals surface area contributed by atoms with Crippen LogP contribution in [0.5, 0.6) is 0 Å². The normalized spacial score (nSPS) is 19.9.